The second kappa shape index (κ2) is 14.5. The lowest BCUT2D eigenvalue weighted by molar-refractivity contribution is 0.00421. The van der Waals surface area contributed by atoms with E-state index in [1.54, 1.807) is 4.90 Å². The first-order valence-corrected chi connectivity index (χ1v) is 15.0. The van der Waals surface area contributed by atoms with Gasteiger partial charge in [-0.1, -0.05) is 12.8 Å². The number of rotatable bonds is 0. The van der Waals surface area contributed by atoms with E-state index in [0.717, 1.165) is 26.2 Å². The van der Waals surface area contributed by atoms with Gasteiger partial charge >= 0.3 is 6.09 Å². The summed E-state index contributed by atoms with van der Waals surface area (Å²) in [6, 6.07) is 0. The molecule has 0 N–H and O–H groups in total. The molecule has 3 aliphatic heterocycles. The summed E-state index contributed by atoms with van der Waals surface area (Å²) in [6.45, 7) is 34.7. The number of piperazine rings is 1. The Morgan fingerprint density at radius 3 is 1.00 bits per heavy atom. The largest absolute Gasteiger partial charge is 0.444 e. The second-order valence-electron chi connectivity index (χ2n) is 15.1. The van der Waals surface area contributed by atoms with Gasteiger partial charge < -0.3 is 9.64 Å². The highest BCUT2D eigenvalue weighted by Gasteiger charge is 2.30. The van der Waals surface area contributed by atoms with Gasteiger partial charge in [0.25, 0.3) is 0 Å². The van der Waals surface area contributed by atoms with E-state index in [1.807, 2.05) is 20.8 Å². The molecule has 37 heavy (non-hydrogen) atoms. The molecule has 3 heterocycles. The summed E-state index contributed by atoms with van der Waals surface area (Å²) in [6.07, 6.45) is 8.29. The molecule has 1 amide bonds. The van der Waals surface area contributed by atoms with E-state index in [0.29, 0.717) is 11.1 Å². The smallest absolute Gasteiger partial charge is 0.410 e. The third-order valence-electron chi connectivity index (χ3n) is 7.49. The molecule has 0 bridgehead atoms. The Hall–Kier alpha value is -0.850. The lowest BCUT2D eigenvalue weighted by atomic mass is 10.0. The van der Waals surface area contributed by atoms with E-state index in [9.17, 15) is 4.79 Å². The molecule has 6 nitrogen and oxygen atoms in total. The summed E-state index contributed by atoms with van der Waals surface area (Å²) in [5.41, 5.74) is 0.582. The van der Waals surface area contributed by atoms with E-state index in [-0.39, 0.29) is 11.6 Å². The van der Waals surface area contributed by atoms with Crippen LogP contribution in [0.5, 0.6) is 0 Å². The Balaban J connectivity index is 0.000000294. The average molecular weight is 525 g/mol. The van der Waals surface area contributed by atoms with E-state index >= 15 is 0 Å². The predicted octanol–water partition coefficient (Wildman–Crippen LogP) is 6.88. The van der Waals surface area contributed by atoms with Gasteiger partial charge in [0.2, 0.25) is 0 Å². The van der Waals surface area contributed by atoms with Crippen molar-refractivity contribution in [3.63, 3.8) is 0 Å². The summed E-state index contributed by atoms with van der Waals surface area (Å²) in [5.74, 6) is 0. The fraction of sp³-hybridized carbons (Fsp3) is 0.968. The molecular weight excluding hydrogens is 460 g/mol. The second-order valence-corrected chi connectivity index (χ2v) is 15.1. The van der Waals surface area contributed by atoms with Gasteiger partial charge in [0, 0.05) is 42.8 Å². The molecule has 3 rings (SSSR count). The van der Waals surface area contributed by atoms with Crippen molar-refractivity contribution in [2.75, 3.05) is 52.4 Å². The summed E-state index contributed by atoms with van der Waals surface area (Å²) in [4.78, 5) is 21.2. The first-order valence-electron chi connectivity index (χ1n) is 15.0. The number of hydrogen-bond donors (Lipinski definition) is 0. The molecule has 3 aliphatic rings. The number of carbonyl (C=O) groups excluding carboxylic acids is 1. The molecule has 3 fully saturated rings. The van der Waals surface area contributed by atoms with Crippen LogP contribution in [-0.2, 0) is 4.74 Å². The zero-order valence-electron chi connectivity index (χ0n) is 27.0. The highest BCUT2D eigenvalue weighted by Crippen LogP contribution is 2.20. The number of ether oxygens (including phenoxy) is 1. The van der Waals surface area contributed by atoms with Crippen LogP contribution in [0.4, 0.5) is 4.79 Å². The van der Waals surface area contributed by atoms with E-state index < -0.39 is 5.60 Å². The Morgan fingerprint density at radius 1 is 0.459 bits per heavy atom. The number of nitrogens with zero attached hydrogens (tertiary/aromatic N) is 4. The Labute approximate surface area is 231 Å². The van der Waals surface area contributed by atoms with Crippen molar-refractivity contribution in [1.82, 2.24) is 19.6 Å². The van der Waals surface area contributed by atoms with Crippen molar-refractivity contribution in [2.24, 2.45) is 0 Å². The van der Waals surface area contributed by atoms with Gasteiger partial charge in [-0.05, 0) is 135 Å². The van der Waals surface area contributed by atoms with E-state index in [4.69, 9.17) is 4.74 Å². The van der Waals surface area contributed by atoms with Crippen molar-refractivity contribution >= 4 is 6.09 Å². The molecule has 6 heteroatoms. The third-order valence-corrected chi connectivity index (χ3v) is 7.49. The number of piperidine rings is 2. The Morgan fingerprint density at radius 2 is 0.757 bits per heavy atom. The van der Waals surface area contributed by atoms with Crippen molar-refractivity contribution < 1.29 is 9.53 Å². The third kappa shape index (κ3) is 14.2. The molecule has 220 valence electrons. The SMILES string of the molecule is CC(C)(C)N1CCCCC1.CC(C)(C)N1CCCCC1.CC(C)(C)OC(=O)N1CCN(C(C)(C)C)CC1. The first kappa shape index (κ1) is 34.2. The summed E-state index contributed by atoms with van der Waals surface area (Å²) in [5, 5.41) is 0. The zero-order valence-corrected chi connectivity index (χ0v) is 27.0. The van der Waals surface area contributed by atoms with E-state index in [2.05, 4.69) is 77.0 Å². The van der Waals surface area contributed by atoms with Gasteiger partial charge in [-0.25, -0.2) is 4.79 Å². The number of amides is 1. The summed E-state index contributed by atoms with van der Waals surface area (Å²) in [7, 11) is 0. The van der Waals surface area contributed by atoms with Gasteiger partial charge in [0.05, 0.1) is 0 Å². The monoisotopic (exact) mass is 525 g/mol. The van der Waals surface area contributed by atoms with Gasteiger partial charge in [-0.15, -0.1) is 0 Å². The number of carbonyl (C=O) groups is 1. The standard InChI is InChI=1S/C13H26N2O2.2C9H19N/c1-12(2,3)15-9-7-14(8-10-15)11(16)17-13(4,5)6;2*1-9(2,3)10-7-5-4-6-8-10/h7-10H2,1-6H3;2*4-8H2,1-3H3. The van der Waals surface area contributed by atoms with E-state index in [1.165, 1.54) is 64.7 Å². The van der Waals surface area contributed by atoms with Crippen molar-refractivity contribution in [2.45, 2.75) is 144 Å². The van der Waals surface area contributed by atoms with Gasteiger partial charge in [-0.2, -0.15) is 0 Å². The molecule has 0 aromatic rings. The van der Waals surface area contributed by atoms with Crippen LogP contribution in [0.3, 0.4) is 0 Å². The number of likely N-dealkylation sites (tertiary alicyclic amines) is 2. The molecule has 0 atom stereocenters. The van der Waals surface area contributed by atoms with Crippen LogP contribution in [0, 0.1) is 0 Å². The quantitative estimate of drug-likeness (QED) is 0.345. The molecule has 0 aromatic heterocycles. The van der Waals surface area contributed by atoms with Crippen molar-refractivity contribution in [1.29, 1.82) is 0 Å². The molecule has 0 saturated carbocycles. The van der Waals surface area contributed by atoms with Gasteiger partial charge in [-0.3, -0.25) is 14.7 Å². The van der Waals surface area contributed by atoms with Crippen LogP contribution < -0.4 is 0 Å². The molecular formula is C31H64N4O2. The fourth-order valence-electron chi connectivity index (χ4n) is 5.02. The van der Waals surface area contributed by atoms with Crippen LogP contribution in [-0.4, -0.2) is 100 Å². The zero-order chi connectivity index (χ0) is 28.5. The summed E-state index contributed by atoms with van der Waals surface area (Å²) < 4.78 is 5.37. The molecule has 0 radical (unpaired) electrons. The minimum atomic E-state index is -0.405. The fourth-order valence-corrected chi connectivity index (χ4v) is 5.02. The predicted molar refractivity (Wildman–Crippen MR) is 159 cm³/mol. The molecule has 0 aliphatic carbocycles. The Kier molecular flexibility index (Phi) is 13.4. The van der Waals surface area contributed by atoms with Gasteiger partial charge in [0.1, 0.15) is 5.60 Å². The maximum Gasteiger partial charge on any atom is 0.410 e. The van der Waals surface area contributed by atoms with Crippen LogP contribution in [0.15, 0.2) is 0 Å². The lowest BCUT2D eigenvalue weighted by Gasteiger charge is -2.42. The van der Waals surface area contributed by atoms with Crippen molar-refractivity contribution in [3.05, 3.63) is 0 Å². The van der Waals surface area contributed by atoms with Crippen molar-refractivity contribution in [3.8, 4) is 0 Å². The first-order chi connectivity index (χ1) is 16.8. The van der Waals surface area contributed by atoms with Crippen LogP contribution in [0.25, 0.3) is 0 Å². The topological polar surface area (TPSA) is 39.3 Å². The maximum atomic E-state index is 11.9. The van der Waals surface area contributed by atoms with Gasteiger partial charge in [0.15, 0.2) is 0 Å². The summed E-state index contributed by atoms with van der Waals surface area (Å²) >= 11 is 0. The number of hydrogen-bond acceptors (Lipinski definition) is 5. The van der Waals surface area contributed by atoms with Crippen LogP contribution >= 0.6 is 0 Å². The van der Waals surface area contributed by atoms with Crippen LogP contribution in [0.2, 0.25) is 0 Å². The lowest BCUT2D eigenvalue weighted by Crippen LogP contribution is -2.55. The minimum absolute atomic E-state index is 0.181. The van der Waals surface area contributed by atoms with Crippen LogP contribution in [0.1, 0.15) is 122 Å². The maximum absolute atomic E-state index is 11.9. The minimum Gasteiger partial charge on any atom is -0.444 e. The highest BCUT2D eigenvalue weighted by molar-refractivity contribution is 5.68. The molecule has 0 aromatic carbocycles. The molecule has 0 unspecified atom stereocenters. The molecule has 0 spiro atoms. The normalized spacial score (nSPS) is 21.4. The Bertz CT molecular complexity index is 604. The average Bonchev–Trinajstić information content (AvgIpc) is 2.78. The molecule has 3 saturated heterocycles. The highest BCUT2D eigenvalue weighted by atomic mass is 16.6.